The average Bonchev–Trinajstić information content (AvgIpc) is 3.39. The minimum Gasteiger partial charge on any atom is -0.507 e. The highest BCUT2D eigenvalue weighted by atomic mass is 79.9. The summed E-state index contributed by atoms with van der Waals surface area (Å²) >= 11 is 3.46. The van der Waals surface area contributed by atoms with Crippen molar-refractivity contribution < 1.29 is 19.7 Å². The van der Waals surface area contributed by atoms with Gasteiger partial charge in [-0.25, -0.2) is 0 Å². The molecule has 1 spiro atoms. The molecule has 0 bridgehead atoms. The van der Waals surface area contributed by atoms with Crippen molar-refractivity contribution >= 4 is 22.1 Å². The maximum Gasteiger partial charge on any atom is 0.172 e. The van der Waals surface area contributed by atoms with Crippen LogP contribution >= 0.6 is 15.9 Å². The summed E-state index contributed by atoms with van der Waals surface area (Å²) in [5.74, 6) is 1.65. The summed E-state index contributed by atoms with van der Waals surface area (Å²) in [6, 6.07) is 5.33. The van der Waals surface area contributed by atoms with Gasteiger partial charge in [0.25, 0.3) is 0 Å². The van der Waals surface area contributed by atoms with Gasteiger partial charge in [-0.1, -0.05) is 41.4 Å². The zero-order valence-corrected chi connectivity index (χ0v) is 22.5. The number of ether oxygens (including phenoxy) is 2. The van der Waals surface area contributed by atoms with E-state index < -0.39 is 5.60 Å². The number of aliphatic imine (C=N–C) groups is 1. The van der Waals surface area contributed by atoms with Crippen molar-refractivity contribution in [2.45, 2.75) is 76.6 Å². The highest BCUT2D eigenvalue weighted by Gasteiger charge is 2.64. The van der Waals surface area contributed by atoms with E-state index in [0.717, 1.165) is 62.6 Å². The van der Waals surface area contributed by atoms with Gasteiger partial charge < -0.3 is 19.7 Å². The molecule has 1 aliphatic heterocycles. The molecule has 0 aromatic heterocycles. The summed E-state index contributed by atoms with van der Waals surface area (Å²) in [4.78, 5) is 4.66. The van der Waals surface area contributed by atoms with Crippen LogP contribution in [0.2, 0.25) is 0 Å². The first-order chi connectivity index (χ1) is 16.7. The van der Waals surface area contributed by atoms with Crippen molar-refractivity contribution in [3.05, 3.63) is 39.9 Å². The van der Waals surface area contributed by atoms with Crippen molar-refractivity contribution in [2.75, 3.05) is 19.8 Å². The van der Waals surface area contributed by atoms with Crippen LogP contribution in [0.15, 0.2) is 39.3 Å². The van der Waals surface area contributed by atoms with Crippen molar-refractivity contribution in [1.82, 2.24) is 0 Å². The SMILES string of the molecule is C[C@]12CCC3(CC1=CC[C@H]1[C@H]2CC[C@@]2(C)[C@@H]1CC[C@@]2(O)CN=Cc1cc(Br)ccc1O)OCCO3. The molecule has 6 rings (SSSR count). The highest BCUT2D eigenvalue weighted by molar-refractivity contribution is 9.10. The number of allylic oxidation sites excluding steroid dienone is 1. The Hall–Kier alpha value is -1.21. The molecule has 3 saturated carbocycles. The maximum atomic E-state index is 11.9. The molecule has 6 heteroatoms. The second-order valence-corrected chi connectivity index (χ2v) is 13.2. The minimum absolute atomic E-state index is 0.125. The van der Waals surface area contributed by atoms with Crippen LogP contribution in [0.1, 0.15) is 70.8 Å². The van der Waals surface area contributed by atoms with Gasteiger partial charge in [0.1, 0.15) is 5.75 Å². The van der Waals surface area contributed by atoms with Crippen LogP contribution in [0, 0.1) is 28.6 Å². The smallest absolute Gasteiger partial charge is 0.172 e. The van der Waals surface area contributed by atoms with Crippen LogP contribution in [0.4, 0.5) is 0 Å². The predicted octanol–water partition coefficient (Wildman–Crippen LogP) is 6.01. The summed E-state index contributed by atoms with van der Waals surface area (Å²) < 4.78 is 13.1. The van der Waals surface area contributed by atoms with Gasteiger partial charge in [0.2, 0.25) is 0 Å². The van der Waals surface area contributed by atoms with E-state index in [9.17, 15) is 10.2 Å². The molecule has 2 N–H and O–H groups in total. The first-order valence-corrected chi connectivity index (χ1v) is 14.2. The van der Waals surface area contributed by atoms with Gasteiger partial charge >= 0.3 is 0 Å². The lowest BCUT2D eigenvalue weighted by Crippen LogP contribution is -2.56. The lowest BCUT2D eigenvalue weighted by atomic mass is 9.46. The first-order valence-electron chi connectivity index (χ1n) is 13.4. The van der Waals surface area contributed by atoms with Crippen molar-refractivity contribution in [3.8, 4) is 5.75 Å². The molecule has 1 heterocycles. The molecule has 1 aromatic rings. The van der Waals surface area contributed by atoms with E-state index in [4.69, 9.17) is 9.47 Å². The van der Waals surface area contributed by atoms with Gasteiger partial charge in [-0.2, -0.15) is 0 Å². The first kappa shape index (κ1) is 24.1. The van der Waals surface area contributed by atoms with E-state index in [1.54, 1.807) is 17.9 Å². The summed E-state index contributed by atoms with van der Waals surface area (Å²) in [5.41, 5.74) is 1.53. The summed E-state index contributed by atoms with van der Waals surface area (Å²) in [7, 11) is 0. The molecule has 4 fully saturated rings. The monoisotopic (exact) mass is 543 g/mol. The third kappa shape index (κ3) is 3.69. The van der Waals surface area contributed by atoms with Crippen LogP contribution in [0.3, 0.4) is 0 Å². The van der Waals surface area contributed by atoms with Crippen LogP contribution in [0.25, 0.3) is 0 Å². The molecular formula is C29H38BrNO4. The quantitative estimate of drug-likeness (QED) is 0.361. The molecule has 4 aliphatic carbocycles. The van der Waals surface area contributed by atoms with Gasteiger partial charge in [0, 0.05) is 34.5 Å². The Bertz CT molecular complexity index is 1060. The van der Waals surface area contributed by atoms with E-state index in [1.165, 1.54) is 6.42 Å². The number of fused-ring (bicyclic) bond motifs is 5. The van der Waals surface area contributed by atoms with Gasteiger partial charge in [0.05, 0.1) is 25.4 Å². The second kappa shape index (κ2) is 8.41. The summed E-state index contributed by atoms with van der Waals surface area (Å²) in [6.45, 7) is 6.65. The Morgan fingerprint density at radius 3 is 2.66 bits per heavy atom. The number of hydrogen-bond donors (Lipinski definition) is 2. The number of nitrogens with zero attached hydrogens (tertiary/aromatic N) is 1. The largest absolute Gasteiger partial charge is 0.507 e. The van der Waals surface area contributed by atoms with Gasteiger partial charge in [-0.15, -0.1) is 0 Å². The average molecular weight is 545 g/mol. The van der Waals surface area contributed by atoms with Gasteiger partial charge in [-0.05, 0) is 79.9 Å². The Morgan fingerprint density at radius 1 is 1.09 bits per heavy atom. The Labute approximate surface area is 217 Å². The molecule has 190 valence electrons. The number of phenols is 1. The highest BCUT2D eigenvalue weighted by Crippen LogP contribution is 2.68. The van der Waals surface area contributed by atoms with Crippen molar-refractivity contribution in [3.63, 3.8) is 0 Å². The molecule has 0 unspecified atom stereocenters. The van der Waals surface area contributed by atoms with Crippen LogP contribution < -0.4 is 0 Å². The molecule has 1 saturated heterocycles. The second-order valence-electron chi connectivity index (χ2n) is 12.2. The molecule has 35 heavy (non-hydrogen) atoms. The molecule has 0 radical (unpaired) electrons. The third-order valence-electron chi connectivity index (χ3n) is 10.8. The number of aromatic hydroxyl groups is 1. The zero-order valence-electron chi connectivity index (χ0n) is 20.9. The lowest BCUT2D eigenvalue weighted by molar-refractivity contribution is -0.187. The standard InChI is InChI=1S/C29H38BrNO4/c1-26-11-12-29(34-13-14-35-29)16-20(26)3-5-22-23(26)7-9-27(2)24(22)8-10-28(27,33)18-31-17-19-15-21(30)4-6-25(19)32/h3-4,6,15,17,22-24,32-33H,5,7-14,16,18H2,1-2H3/t22-,23+,24+,26-,27-,28+/m0/s1. The van der Waals surface area contributed by atoms with Crippen molar-refractivity contribution in [1.29, 1.82) is 0 Å². The summed E-state index contributed by atoms with van der Waals surface area (Å²) in [5, 5.41) is 22.1. The maximum absolute atomic E-state index is 11.9. The molecule has 5 aliphatic rings. The molecule has 1 aromatic carbocycles. The Balaban J connectivity index is 1.21. The number of phenolic OH excluding ortho intramolecular Hbond substituents is 1. The number of halogens is 1. The Kier molecular flexibility index (Phi) is 5.80. The number of hydrogen-bond acceptors (Lipinski definition) is 5. The molecule has 0 amide bonds. The molecule has 6 atom stereocenters. The molecule has 5 nitrogen and oxygen atoms in total. The topological polar surface area (TPSA) is 71.3 Å². The minimum atomic E-state index is -0.798. The fourth-order valence-corrected chi connectivity index (χ4v) is 9.02. The predicted molar refractivity (Wildman–Crippen MR) is 140 cm³/mol. The van der Waals surface area contributed by atoms with E-state index >= 15 is 0 Å². The summed E-state index contributed by atoms with van der Waals surface area (Å²) in [6.07, 6.45) is 12.5. The van der Waals surface area contributed by atoms with Gasteiger partial charge in [0.15, 0.2) is 5.79 Å². The lowest BCUT2D eigenvalue weighted by Gasteiger charge is -2.59. The normalized spacial score (nSPS) is 42.1. The fraction of sp³-hybridized carbons (Fsp3) is 0.690. The van der Waals surface area contributed by atoms with Crippen LogP contribution in [-0.2, 0) is 9.47 Å². The number of aliphatic hydroxyl groups is 1. The van der Waals surface area contributed by atoms with E-state index in [2.05, 4.69) is 40.8 Å². The van der Waals surface area contributed by atoms with Gasteiger partial charge in [-0.3, -0.25) is 4.99 Å². The van der Waals surface area contributed by atoms with E-state index in [0.29, 0.717) is 29.9 Å². The van der Waals surface area contributed by atoms with E-state index in [1.807, 2.05) is 12.1 Å². The number of benzene rings is 1. The fourth-order valence-electron chi connectivity index (χ4n) is 8.64. The van der Waals surface area contributed by atoms with Crippen molar-refractivity contribution in [2.24, 2.45) is 33.6 Å². The van der Waals surface area contributed by atoms with Crippen LogP contribution in [-0.4, -0.2) is 47.6 Å². The molecular weight excluding hydrogens is 506 g/mol. The van der Waals surface area contributed by atoms with Crippen LogP contribution in [0.5, 0.6) is 5.75 Å². The zero-order chi connectivity index (χ0) is 24.5. The number of rotatable bonds is 3. The Morgan fingerprint density at radius 2 is 1.86 bits per heavy atom. The third-order valence-corrected chi connectivity index (χ3v) is 11.3. The van der Waals surface area contributed by atoms with E-state index in [-0.39, 0.29) is 22.4 Å².